The van der Waals surface area contributed by atoms with Gasteiger partial charge in [-0.1, -0.05) is 77.9 Å². The zero-order valence-corrected chi connectivity index (χ0v) is 44.9. The van der Waals surface area contributed by atoms with Crippen molar-refractivity contribution in [3.63, 3.8) is 0 Å². The van der Waals surface area contributed by atoms with Gasteiger partial charge in [-0.15, -0.1) is 0 Å². The predicted octanol–water partition coefficient (Wildman–Crippen LogP) is 11.2. The number of nitrogens with zero attached hydrogens (tertiary/aromatic N) is 6. The Kier molecular flexibility index (Phi) is 13.4. The first kappa shape index (κ1) is 49.9. The molecule has 70 heavy (non-hydrogen) atoms. The van der Waals surface area contributed by atoms with Gasteiger partial charge in [-0.05, 0) is 104 Å². The first-order valence-corrected chi connectivity index (χ1v) is 31.7. The standard InChI is InChI=1S/C26H35N5O4SSi.C26H34N4O2Si/c1-26(2,3)37(4,5)35-23-14-19(12-18(23)15-29-36(32,33)34)31-11-10-20-24(27-16-28-25(20)31)22-13-17-8-6-7-9-21(17)30-22;1-26(2,3)33(4,5)32-23-14-19(12-18(23)15-31)30-11-10-20-24(27-16-28-25(20)30)22-13-17-8-6-7-9-21(17)29-22/h6-11,13,16,18-19,23,29-30H,12,14-15H2,1-5H3,(H,32,33,34);6-11,13,16,18-19,23,29,31H,12,14-15H2,1-5H3/t2*18-,19+,23-/m00/s1. The second-order valence-corrected chi connectivity index (χ2v) is 33.3. The fourth-order valence-corrected chi connectivity index (χ4v) is 13.2. The summed E-state index contributed by atoms with van der Waals surface area (Å²) in [5.41, 5.74) is 7.63. The van der Waals surface area contributed by atoms with E-state index in [4.69, 9.17) is 8.85 Å². The fraction of sp³-hybridized carbons (Fsp3) is 0.462. The van der Waals surface area contributed by atoms with Gasteiger partial charge in [0, 0.05) is 76.1 Å². The number of rotatable bonds is 12. The van der Waals surface area contributed by atoms with Gasteiger partial charge in [-0.3, -0.25) is 4.55 Å². The van der Waals surface area contributed by atoms with Gasteiger partial charge in [-0.25, -0.2) is 19.9 Å². The number of benzene rings is 2. The molecule has 0 saturated heterocycles. The van der Waals surface area contributed by atoms with E-state index in [0.717, 1.165) is 80.5 Å². The van der Waals surface area contributed by atoms with E-state index in [-0.39, 0.29) is 59.4 Å². The second-order valence-electron chi connectivity index (χ2n) is 22.5. The molecule has 0 amide bonds. The van der Waals surface area contributed by atoms with Crippen LogP contribution in [0.15, 0.2) is 97.8 Å². The van der Waals surface area contributed by atoms with E-state index in [1.165, 1.54) is 5.39 Å². The molecule has 2 aliphatic carbocycles. The summed E-state index contributed by atoms with van der Waals surface area (Å²) in [5, 5.41) is 14.6. The Morgan fingerprint density at radius 3 is 1.50 bits per heavy atom. The molecule has 10 rings (SSSR count). The highest BCUT2D eigenvalue weighted by Gasteiger charge is 2.46. The molecule has 6 aromatic heterocycles. The van der Waals surface area contributed by atoms with Crippen molar-refractivity contribution in [2.75, 3.05) is 13.2 Å². The maximum absolute atomic E-state index is 11.4. The number of fused-ring (bicyclic) bond motifs is 4. The van der Waals surface area contributed by atoms with Crippen LogP contribution in [0.25, 0.3) is 66.6 Å². The van der Waals surface area contributed by atoms with E-state index < -0.39 is 26.9 Å². The molecule has 2 fully saturated rings. The molecule has 18 heteroatoms. The molecule has 5 N–H and O–H groups in total. The van der Waals surface area contributed by atoms with E-state index in [1.54, 1.807) is 12.7 Å². The number of aromatic nitrogens is 8. The van der Waals surface area contributed by atoms with E-state index >= 15 is 0 Å². The second kappa shape index (κ2) is 18.8. The lowest BCUT2D eigenvalue weighted by Crippen LogP contribution is -2.46. The van der Waals surface area contributed by atoms with E-state index in [1.807, 2.05) is 42.6 Å². The maximum atomic E-state index is 11.4. The SMILES string of the molecule is CC(C)(C)[Si](C)(C)O[C@H]1C[C@H](n2ccc3c(-c4cc5ccccc5[nH]4)ncnc32)C[C@H]1CNS(=O)(=O)O.CC(C)(C)[Si](C)(C)O[C@H]1C[C@H](n2ccc3c(-c4cc5ccccc5[nH]4)ncnc32)C[C@H]1CO. The highest BCUT2D eigenvalue weighted by atomic mass is 32.2. The summed E-state index contributed by atoms with van der Waals surface area (Å²) >= 11 is 0. The minimum absolute atomic E-state index is 0.0218. The third kappa shape index (κ3) is 10.1. The Morgan fingerprint density at radius 1 is 0.657 bits per heavy atom. The van der Waals surface area contributed by atoms with Gasteiger partial charge in [0.1, 0.15) is 23.9 Å². The van der Waals surface area contributed by atoms with Crippen LogP contribution in [0.2, 0.25) is 36.3 Å². The van der Waals surface area contributed by atoms with Crippen LogP contribution in [0.3, 0.4) is 0 Å². The molecular formula is C52H69N9O6SSi2. The molecule has 2 saturated carbocycles. The molecule has 8 aromatic rings. The van der Waals surface area contributed by atoms with Crippen molar-refractivity contribution in [2.24, 2.45) is 11.8 Å². The molecule has 15 nitrogen and oxygen atoms in total. The Morgan fingerprint density at radius 2 is 1.09 bits per heavy atom. The molecule has 0 bridgehead atoms. The first-order valence-electron chi connectivity index (χ1n) is 24.5. The van der Waals surface area contributed by atoms with E-state index in [0.29, 0.717) is 6.42 Å². The Balaban J connectivity index is 0.000000175. The van der Waals surface area contributed by atoms with Crippen molar-refractivity contribution in [3.05, 3.63) is 97.8 Å². The van der Waals surface area contributed by atoms with E-state index in [2.05, 4.69) is 154 Å². The summed E-state index contributed by atoms with van der Waals surface area (Å²) in [7, 11) is -8.30. The molecule has 6 atom stereocenters. The Bertz CT molecular complexity index is 3190. The van der Waals surface area contributed by atoms with Crippen LogP contribution in [0.5, 0.6) is 0 Å². The maximum Gasteiger partial charge on any atom is 0.333 e. The molecule has 0 radical (unpaired) electrons. The number of aliphatic hydroxyl groups is 1. The largest absolute Gasteiger partial charge is 0.414 e. The number of aromatic amines is 2. The van der Waals surface area contributed by atoms with Gasteiger partial charge in [-0.2, -0.15) is 13.1 Å². The van der Waals surface area contributed by atoms with Crippen molar-refractivity contribution in [1.29, 1.82) is 0 Å². The van der Waals surface area contributed by atoms with Crippen molar-refractivity contribution >= 4 is 70.8 Å². The predicted molar refractivity (Wildman–Crippen MR) is 284 cm³/mol. The molecule has 372 valence electrons. The summed E-state index contributed by atoms with van der Waals surface area (Å²) in [5.74, 6) is 0.0742. The van der Waals surface area contributed by atoms with Crippen LogP contribution in [0.4, 0.5) is 0 Å². The normalized spacial score (nSPS) is 21.6. The summed E-state index contributed by atoms with van der Waals surface area (Å²) in [4.78, 5) is 25.5. The first-order chi connectivity index (χ1) is 33.0. The number of H-pyrrole nitrogens is 2. The lowest BCUT2D eigenvalue weighted by Gasteiger charge is -2.39. The van der Waals surface area contributed by atoms with Crippen LogP contribution in [0, 0.1) is 11.8 Å². The lowest BCUT2D eigenvalue weighted by atomic mass is 10.1. The van der Waals surface area contributed by atoms with Crippen molar-refractivity contribution in [3.8, 4) is 22.8 Å². The van der Waals surface area contributed by atoms with Gasteiger partial charge < -0.3 is 33.1 Å². The summed E-state index contributed by atoms with van der Waals surface area (Å²) in [6, 6.07) is 25.1. The molecule has 0 aliphatic heterocycles. The average molecular weight is 1000 g/mol. The minimum atomic E-state index is -4.29. The number of hydrogen-bond acceptors (Lipinski definition) is 9. The van der Waals surface area contributed by atoms with Crippen molar-refractivity contribution in [1.82, 2.24) is 43.8 Å². The number of nitrogens with one attached hydrogen (secondary N) is 3. The lowest BCUT2D eigenvalue weighted by molar-refractivity contribution is 0.0979. The minimum Gasteiger partial charge on any atom is -0.414 e. The van der Waals surface area contributed by atoms with Crippen LogP contribution in [-0.2, 0) is 19.2 Å². The zero-order valence-electron chi connectivity index (χ0n) is 42.1. The molecule has 6 heterocycles. The highest BCUT2D eigenvalue weighted by Crippen LogP contribution is 2.46. The van der Waals surface area contributed by atoms with Crippen molar-refractivity contribution in [2.45, 2.75) is 128 Å². The average Bonchev–Trinajstić information content (AvgIpc) is 4.16. The van der Waals surface area contributed by atoms with Gasteiger partial charge in [0.2, 0.25) is 0 Å². The van der Waals surface area contributed by atoms with Gasteiger partial charge in [0.15, 0.2) is 16.6 Å². The summed E-state index contributed by atoms with van der Waals surface area (Å²) in [6.07, 6.45) is 10.6. The molecule has 2 aliphatic rings. The van der Waals surface area contributed by atoms with Crippen LogP contribution >= 0.6 is 0 Å². The third-order valence-corrected chi connectivity index (χ3v) is 25.4. The third-order valence-electron chi connectivity index (χ3n) is 15.9. The quantitative estimate of drug-likeness (QED) is 0.0580. The smallest absolute Gasteiger partial charge is 0.333 e. The van der Waals surface area contributed by atoms with Crippen molar-refractivity contribution < 1.29 is 26.9 Å². The van der Waals surface area contributed by atoms with Gasteiger partial charge in [0.05, 0.1) is 35.0 Å². The van der Waals surface area contributed by atoms with Gasteiger partial charge in [0.25, 0.3) is 0 Å². The molecule has 2 aromatic carbocycles. The molecular weight excluding hydrogens is 935 g/mol. The Labute approximate surface area is 413 Å². The fourth-order valence-electron chi connectivity index (χ4n) is 9.95. The number of aliphatic hydroxyl groups excluding tert-OH is 1. The van der Waals surface area contributed by atoms with Crippen LogP contribution < -0.4 is 4.72 Å². The monoisotopic (exact) mass is 1000 g/mol. The topological polar surface area (TPSA) is 198 Å². The zero-order chi connectivity index (χ0) is 50.0. The highest BCUT2D eigenvalue weighted by molar-refractivity contribution is 7.83. The summed E-state index contributed by atoms with van der Waals surface area (Å²) < 4.78 is 52.5. The molecule has 0 unspecified atom stereocenters. The molecule has 0 spiro atoms. The van der Waals surface area contributed by atoms with E-state index in [9.17, 15) is 18.1 Å². The van der Waals surface area contributed by atoms with Crippen LogP contribution in [0.1, 0.15) is 79.3 Å². The number of para-hydroxylation sites is 2. The Hall–Kier alpha value is -5.06. The van der Waals surface area contributed by atoms with Gasteiger partial charge >= 0.3 is 10.3 Å². The van der Waals surface area contributed by atoms with Crippen LogP contribution in [-0.4, -0.2) is 99.1 Å². The summed E-state index contributed by atoms with van der Waals surface area (Å²) in [6.45, 7) is 22.7. The number of hydrogen-bond donors (Lipinski definition) is 5.